The van der Waals surface area contributed by atoms with Gasteiger partial charge in [-0.15, -0.1) is 0 Å². The van der Waals surface area contributed by atoms with Crippen LogP contribution >= 0.6 is 0 Å². The smallest absolute Gasteiger partial charge is 0.186 e. The summed E-state index contributed by atoms with van der Waals surface area (Å²) in [6, 6.07) is 41.2. The third-order valence-corrected chi connectivity index (χ3v) is 19.4. The molecule has 0 spiro atoms. The molecule has 12 heteroatoms. The molecule has 0 unspecified atom stereocenters. The number of rotatable bonds is 50. The van der Waals surface area contributed by atoms with Gasteiger partial charge >= 0.3 is 0 Å². The summed E-state index contributed by atoms with van der Waals surface area (Å²) in [7, 11) is 0. The van der Waals surface area contributed by atoms with E-state index in [0.29, 0.717) is 39.6 Å². The predicted octanol–water partition coefficient (Wildman–Crippen LogP) is 19.8. The van der Waals surface area contributed by atoms with E-state index < -0.39 is 78.4 Å². The van der Waals surface area contributed by atoms with E-state index in [0.717, 1.165) is 60.8 Å². The molecule has 0 N–H and O–H groups in total. The average molecular weight is 1290 g/mol. The first kappa shape index (κ1) is 75.2. The number of unbranched alkanes of at least 4 members (excludes halogenated alkanes) is 26. The minimum absolute atomic E-state index is 0.289. The van der Waals surface area contributed by atoms with Crippen molar-refractivity contribution < 1.29 is 56.8 Å². The van der Waals surface area contributed by atoms with Gasteiger partial charge in [-0.2, -0.15) is 0 Å². The number of ether oxygens (including phenoxy) is 12. The van der Waals surface area contributed by atoms with E-state index in [1.54, 1.807) is 0 Å². The third kappa shape index (κ3) is 27.0. The third-order valence-electron chi connectivity index (χ3n) is 19.4. The van der Waals surface area contributed by atoms with Crippen LogP contribution < -0.4 is 0 Å². The SMILES string of the molecule is CCCCCCCCCCCCCCCCC(CCCCCCCCCCCCCCCC)(CO[C@@H]1O[C@H](COCc2ccccc2)[C@@H]2OC(C)(C)O[C@@H]2[C@H]1OCc1ccccc1)CO[C@@H]1O[C@H](COCc2ccccc2)[C@@H]2OC(C)(C)O[C@@H]2[C@H]1OCc1ccccc1. The van der Waals surface area contributed by atoms with Gasteiger partial charge in [0.2, 0.25) is 0 Å². The summed E-state index contributed by atoms with van der Waals surface area (Å²) in [6.45, 7) is 15.4. The molecule has 4 aliphatic heterocycles. The Hall–Kier alpha value is -3.60. The molecule has 12 nitrogen and oxygen atoms in total. The van der Waals surface area contributed by atoms with Crippen molar-refractivity contribution in [1.29, 1.82) is 0 Å². The summed E-state index contributed by atoms with van der Waals surface area (Å²) in [5.74, 6) is -1.77. The van der Waals surface area contributed by atoms with E-state index in [-0.39, 0.29) is 13.2 Å². The topological polar surface area (TPSA) is 111 Å². The van der Waals surface area contributed by atoms with Crippen LogP contribution in [0.5, 0.6) is 0 Å². The van der Waals surface area contributed by atoms with Gasteiger partial charge in [-0.1, -0.05) is 315 Å². The molecule has 4 heterocycles. The lowest BCUT2D eigenvalue weighted by molar-refractivity contribution is -0.315. The molecule has 0 bridgehead atoms. The van der Waals surface area contributed by atoms with Crippen LogP contribution in [-0.4, -0.2) is 99.4 Å². The molecule has 4 aromatic carbocycles. The van der Waals surface area contributed by atoms with E-state index in [2.05, 4.69) is 62.4 Å². The summed E-state index contributed by atoms with van der Waals surface area (Å²) in [4.78, 5) is 0. The molecule has 0 saturated carbocycles. The number of benzene rings is 4. The second kappa shape index (κ2) is 42.3. The largest absolute Gasteiger partial charge is 0.374 e. The lowest BCUT2D eigenvalue weighted by atomic mass is 9.79. The Labute approximate surface area is 563 Å². The minimum atomic E-state index is -0.884. The van der Waals surface area contributed by atoms with E-state index in [4.69, 9.17) is 56.8 Å². The van der Waals surface area contributed by atoms with Crippen molar-refractivity contribution >= 4 is 0 Å². The molecule has 8 rings (SSSR count). The minimum Gasteiger partial charge on any atom is -0.374 e. The van der Waals surface area contributed by atoms with Gasteiger partial charge in [-0.25, -0.2) is 0 Å². The van der Waals surface area contributed by atoms with E-state index >= 15 is 0 Å². The summed E-state index contributed by atoms with van der Waals surface area (Å²) < 4.78 is 83.6. The standard InChI is InChI=1S/C81H124O12/c1-7-9-11-13-15-17-19-21-23-25-27-29-31-45-55-81(56-46-32-30-28-26-24-22-20-18-16-14-12-10-8-2,63-86-77-75(84-59-67-51-41-35-42-52-67)73-71(90-79(3,4)92-73)69(88-77)61-82-57-65-47-37-33-38-48-65)64-87-78-76(85-60-68-53-43-36-44-54-68)74-72(91-80(5,6)93-74)70(89-78)62-83-58-66-49-39-34-40-50-66/h33-44,47-54,69-78H,7-32,45-46,55-64H2,1-6H3/t69-,70-,71+,72+,73+,74+,75-,76-,77-,78-/m1/s1. The first-order chi connectivity index (χ1) is 45.5. The van der Waals surface area contributed by atoms with Crippen molar-refractivity contribution in [2.45, 2.75) is 334 Å². The van der Waals surface area contributed by atoms with Crippen molar-refractivity contribution in [2.75, 3.05) is 26.4 Å². The van der Waals surface area contributed by atoms with Crippen LogP contribution in [-0.2, 0) is 83.3 Å². The molecule has 0 aromatic heterocycles. The van der Waals surface area contributed by atoms with Gasteiger partial charge < -0.3 is 56.8 Å². The Kier molecular flexibility index (Phi) is 34.2. The zero-order chi connectivity index (χ0) is 65.1. The second-order valence-corrected chi connectivity index (χ2v) is 28.6. The van der Waals surface area contributed by atoms with Gasteiger partial charge in [-0.3, -0.25) is 0 Å². The summed E-state index contributed by atoms with van der Waals surface area (Å²) in [5, 5.41) is 0. The van der Waals surface area contributed by atoms with Crippen molar-refractivity contribution in [3.05, 3.63) is 144 Å². The van der Waals surface area contributed by atoms with Crippen molar-refractivity contribution in [2.24, 2.45) is 5.41 Å². The van der Waals surface area contributed by atoms with Crippen LogP contribution in [0.4, 0.5) is 0 Å². The summed E-state index contributed by atoms with van der Waals surface area (Å²) in [5.41, 5.74) is 3.84. The number of fused-ring (bicyclic) bond motifs is 2. The molecule has 4 aliphatic rings. The van der Waals surface area contributed by atoms with Crippen LogP contribution in [0, 0.1) is 5.41 Å². The zero-order valence-corrected chi connectivity index (χ0v) is 58.6. The molecule has 4 saturated heterocycles. The maximum atomic E-state index is 7.49. The normalized spacial score (nSPS) is 24.1. The van der Waals surface area contributed by atoms with Crippen LogP contribution in [0.2, 0.25) is 0 Å². The Bertz CT molecular complexity index is 2330. The highest BCUT2D eigenvalue weighted by Crippen LogP contribution is 2.44. The van der Waals surface area contributed by atoms with Gasteiger partial charge in [0, 0.05) is 5.41 Å². The Balaban J connectivity index is 1.05. The van der Waals surface area contributed by atoms with Gasteiger partial charge in [0.05, 0.1) is 52.9 Å². The van der Waals surface area contributed by atoms with Crippen molar-refractivity contribution in [1.82, 2.24) is 0 Å². The number of hydrogen-bond donors (Lipinski definition) is 0. The van der Waals surface area contributed by atoms with Crippen LogP contribution in [0.3, 0.4) is 0 Å². The first-order valence-corrected chi connectivity index (χ1v) is 37.3. The highest BCUT2D eigenvalue weighted by Gasteiger charge is 2.58. The fraction of sp³-hybridized carbons (Fsp3) is 0.704. The molecule has 0 amide bonds. The number of hydrogen-bond acceptors (Lipinski definition) is 12. The van der Waals surface area contributed by atoms with Gasteiger partial charge in [0.1, 0.15) is 48.8 Å². The monoisotopic (exact) mass is 1290 g/mol. The van der Waals surface area contributed by atoms with E-state index in [1.807, 2.05) is 100 Å². The van der Waals surface area contributed by atoms with Gasteiger partial charge in [0.25, 0.3) is 0 Å². The van der Waals surface area contributed by atoms with E-state index in [9.17, 15) is 0 Å². The van der Waals surface area contributed by atoms with Crippen molar-refractivity contribution in [3.8, 4) is 0 Å². The quantitative estimate of drug-likeness (QED) is 0.0393. The lowest BCUT2D eigenvalue weighted by Gasteiger charge is -2.45. The maximum Gasteiger partial charge on any atom is 0.186 e. The molecular weight excluding hydrogens is 1160 g/mol. The molecular formula is C81H124O12. The average Bonchev–Trinajstić information content (AvgIpc) is 1.71. The highest BCUT2D eigenvalue weighted by molar-refractivity contribution is 5.16. The summed E-state index contributed by atoms with van der Waals surface area (Å²) >= 11 is 0. The highest BCUT2D eigenvalue weighted by atomic mass is 16.8. The summed E-state index contributed by atoms with van der Waals surface area (Å²) in [6.07, 6.45) is 32.4. The van der Waals surface area contributed by atoms with Crippen LogP contribution in [0.25, 0.3) is 0 Å². The van der Waals surface area contributed by atoms with Gasteiger partial charge in [-0.05, 0) is 62.8 Å². The second-order valence-electron chi connectivity index (χ2n) is 28.6. The Morgan fingerprint density at radius 1 is 0.323 bits per heavy atom. The maximum absolute atomic E-state index is 7.49. The molecule has 520 valence electrons. The molecule has 0 radical (unpaired) electrons. The van der Waals surface area contributed by atoms with Crippen LogP contribution in [0.15, 0.2) is 121 Å². The lowest BCUT2D eigenvalue weighted by Crippen LogP contribution is -2.60. The molecule has 93 heavy (non-hydrogen) atoms. The molecule has 4 aromatic rings. The van der Waals surface area contributed by atoms with Crippen molar-refractivity contribution in [3.63, 3.8) is 0 Å². The fourth-order valence-corrected chi connectivity index (χ4v) is 14.2. The Morgan fingerprint density at radius 3 is 0.892 bits per heavy atom. The van der Waals surface area contributed by atoms with Crippen LogP contribution in [0.1, 0.15) is 256 Å². The fourth-order valence-electron chi connectivity index (χ4n) is 14.2. The van der Waals surface area contributed by atoms with E-state index in [1.165, 1.54) is 154 Å². The zero-order valence-electron chi connectivity index (χ0n) is 58.6. The molecule has 4 fully saturated rings. The predicted molar refractivity (Wildman–Crippen MR) is 371 cm³/mol. The molecule has 10 atom stereocenters. The molecule has 0 aliphatic carbocycles. The first-order valence-electron chi connectivity index (χ1n) is 37.3. The Morgan fingerprint density at radius 2 is 0.591 bits per heavy atom. The van der Waals surface area contributed by atoms with Gasteiger partial charge in [0.15, 0.2) is 24.2 Å².